The third-order valence-electron chi connectivity index (χ3n) is 1.92. The number of carboxylic acids is 1. The lowest BCUT2D eigenvalue weighted by Gasteiger charge is -2.09. The van der Waals surface area contributed by atoms with Crippen molar-refractivity contribution in [3.63, 3.8) is 0 Å². The van der Waals surface area contributed by atoms with Crippen molar-refractivity contribution in [2.24, 2.45) is 5.73 Å². The number of alkyl halides is 2. The zero-order valence-corrected chi connectivity index (χ0v) is 8.84. The van der Waals surface area contributed by atoms with Crippen molar-refractivity contribution in [2.45, 2.75) is 19.4 Å². The molecule has 1 rings (SSSR count). The number of nitrogens with two attached hydrogens (primary N) is 1. The second-order valence-electron chi connectivity index (χ2n) is 3.03. The van der Waals surface area contributed by atoms with Crippen LogP contribution in [0.15, 0.2) is 6.07 Å². The molecule has 0 aliphatic carbocycles. The Balaban J connectivity index is 3.22. The standard InChI is InChI=1S/C9H9ClF2N2O2/c10-5-2-6(9(11)12)14-7(3-13)4(5)1-8(15)16/h2,9H,1,3,13H2,(H,15,16). The maximum absolute atomic E-state index is 12.4. The summed E-state index contributed by atoms with van der Waals surface area (Å²) >= 11 is 5.71. The molecule has 0 radical (unpaired) electrons. The molecule has 0 aliphatic heterocycles. The monoisotopic (exact) mass is 250 g/mol. The first-order valence-electron chi connectivity index (χ1n) is 4.34. The lowest BCUT2D eigenvalue weighted by Crippen LogP contribution is -2.11. The molecule has 0 fully saturated rings. The zero-order valence-electron chi connectivity index (χ0n) is 8.08. The van der Waals surface area contributed by atoms with Crippen molar-refractivity contribution in [1.82, 2.24) is 4.98 Å². The van der Waals surface area contributed by atoms with Crippen molar-refractivity contribution in [2.75, 3.05) is 0 Å². The summed E-state index contributed by atoms with van der Waals surface area (Å²) in [5.74, 6) is -1.12. The van der Waals surface area contributed by atoms with Gasteiger partial charge in [-0.3, -0.25) is 9.78 Å². The summed E-state index contributed by atoms with van der Waals surface area (Å²) in [4.78, 5) is 14.1. The van der Waals surface area contributed by atoms with Crippen LogP contribution in [0.5, 0.6) is 0 Å². The first-order chi connectivity index (χ1) is 7.45. The maximum Gasteiger partial charge on any atom is 0.307 e. The number of nitrogens with zero attached hydrogens (tertiary/aromatic N) is 1. The van der Waals surface area contributed by atoms with Gasteiger partial charge in [-0.05, 0) is 6.07 Å². The predicted octanol–water partition coefficient (Wildman–Crippen LogP) is 1.76. The topological polar surface area (TPSA) is 76.2 Å². The molecule has 0 saturated carbocycles. The highest BCUT2D eigenvalue weighted by Crippen LogP contribution is 2.25. The summed E-state index contributed by atoms with van der Waals surface area (Å²) < 4.78 is 24.8. The van der Waals surface area contributed by atoms with Crippen LogP contribution in [-0.2, 0) is 17.8 Å². The minimum Gasteiger partial charge on any atom is -0.481 e. The van der Waals surface area contributed by atoms with Crippen molar-refractivity contribution in [3.8, 4) is 0 Å². The number of aliphatic carboxylic acids is 1. The van der Waals surface area contributed by atoms with Crippen LogP contribution in [0.25, 0.3) is 0 Å². The number of pyridine rings is 1. The molecule has 4 nitrogen and oxygen atoms in total. The van der Waals surface area contributed by atoms with Gasteiger partial charge in [0.15, 0.2) is 0 Å². The lowest BCUT2D eigenvalue weighted by molar-refractivity contribution is -0.136. The minimum atomic E-state index is -2.76. The van der Waals surface area contributed by atoms with E-state index in [1.807, 2.05) is 0 Å². The van der Waals surface area contributed by atoms with E-state index < -0.39 is 18.1 Å². The quantitative estimate of drug-likeness (QED) is 0.854. The van der Waals surface area contributed by atoms with E-state index in [4.69, 9.17) is 22.4 Å². The number of carbonyl (C=O) groups is 1. The fraction of sp³-hybridized carbons (Fsp3) is 0.333. The molecule has 0 aromatic carbocycles. The van der Waals surface area contributed by atoms with E-state index in [-0.39, 0.29) is 29.2 Å². The highest BCUT2D eigenvalue weighted by atomic mass is 35.5. The molecule has 0 spiro atoms. The van der Waals surface area contributed by atoms with Crippen molar-refractivity contribution in [1.29, 1.82) is 0 Å². The van der Waals surface area contributed by atoms with Crippen molar-refractivity contribution < 1.29 is 18.7 Å². The molecule has 7 heteroatoms. The molecule has 1 heterocycles. The van der Waals surface area contributed by atoms with Gasteiger partial charge in [-0.15, -0.1) is 0 Å². The van der Waals surface area contributed by atoms with Gasteiger partial charge in [0.1, 0.15) is 5.69 Å². The first-order valence-corrected chi connectivity index (χ1v) is 4.71. The van der Waals surface area contributed by atoms with Crippen molar-refractivity contribution in [3.05, 3.63) is 28.0 Å². The second kappa shape index (κ2) is 5.18. The first kappa shape index (κ1) is 12.8. The van der Waals surface area contributed by atoms with E-state index in [1.165, 1.54) is 0 Å². The summed E-state index contributed by atoms with van der Waals surface area (Å²) in [6, 6.07) is 0.962. The average Bonchev–Trinajstić information content (AvgIpc) is 2.19. The Bertz CT molecular complexity index is 413. The van der Waals surface area contributed by atoms with Crippen LogP contribution in [0.1, 0.15) is 23.4 Å². The van der Waals surface area contributed by atoms with Crippen LogP contribution >= 0.6 is 11.6 Å². The van der Waals surface area contributed by atoms with Gasteiger partial charge >= 0.3 is 5.97 Å². The molecule has 0 aliphatic rings. The summed E-state index contributed by atoms with van der Waals surface area (Å²) in [5.41, 5.74) is 5.07. The normalized spacial score (nSPS) is 10.8. The number of rotatable bonds is 4. The molecule has 1 aromatic heterocycles. The zero-order chi connectivity index (χ0) is 12.3. The van der Waals surface area contributed by atoms with Gasteiger partial charge in [0, 0.05) is 17.1 Å². The van der Waals surface area contributed by atoms with Crippen LogP contribution < -0.4 is 5.73 Å². The van der Waals surface area contributed by atoms with Crippen LogP contribution in [0.4, 0.5) is 8.78 Å². The second-order valence-corrected chi connectivity index (χ2v) is 3.44. The van der Waals surface area contributed by atoms with Crippen LogP contribution in [0, 0.1) is 0 Å². The average molecular weight is 251 g/mol. The number of aromatic nitrogens is 1. The van der Waals surface area contributed by atoms with Crippen LogP contribution in [-0.4, -0.2) is 16.1 Å². The van der Waals surface area contributed by atoms with E-state index in [0.717, 1.165) is 6.07 Å². The molecule has 0 amide bonds. The summed E-state index contributed by atoms with van der Waals surface area (Å²) in [6.45, 7) is -0.136. The molecule has 3 N–H and O–H groups in total. The fourth-order valence-electron chi connectivity index (χ4n) is 1.23. The molecule has 16 heavy (non-hydrogen) atoms. The number of halogens is 3. The highest BCUT2D eigenvalue weighted by Gasteiger charge is 2.17. The smallest absolute Gasteiger partial charge is 0.307 e. The fourth-order valence-corrected chi connectivity index (χ4v) is 1.52. The Labute approximate surface area is 95.0 Å². The van der Waals surface area contributed by atoms with Gasteiger partial charge in [-0.2, -0.15) is 0 Å². The third-order valence-corrected chi connectivity index (χ3v) is 2.26. The van der Waals surface area contributed by atoms with Gasteiger partial charge in [0.2, 0.25) is 0 Å². The van der Waals surface area contributed by atoms with Gasteiger partial charge in [-0.25, -0.2) is 8.78 Å². The molecular weight excluding hydrogens is 242 g/mol. The summed E-state index contributed by atoms with van der Waals surface area (Å²) in [5, 5.41) is 8.57. The van der Waals surface area contributed by atoms with Gasteiger partial charge in [0.05, 0.1) is 12.1 Å². The summed E-state index contributed by atoms with van der Waals surface area (Å²) in [6.07, 6.45) is -3.15. The molecule has 0 saturated heterocycles. The molecule has 0 bridgehead atoms. The Morgan fingerprint density at radius 1 is 1.62 bits per heavy atom. The van der Waals surface area contributed by atoms with E-state index >= 15 is 0 Å². The van der Waals surface area contributed by atoms with Gasteiger partial charge < -0.3 is 10.8 Å². The predicted molar refractivity (Wildman–Crippen MR) is 53.4 cm³/mol. The summed E-state index contributed by atoms with van der Waals surface area (Å²) in [7, 11) is 0. The van der Waals surface area contributed by atoms with E-state index in [2.05, 4.69) is 4.98 Å². The molecule has 1 aromatic rings. The van der Waals surface area contributed by atoms with Crippen molar-refractivity contribution >= 4 is 17.6 Å². The maximum atomic E-state index is 12.4. The van der Waals surface area contributed by atoms with Crippen LogP contribution in [0.3, 0.4) is 0 Å². The molecular formula is C9H9ClF2N2O2. The molecule has 88 valence electrons. The lowest BCUT2D eigenvalue weighted by atomic mass is 10.1. The van der Waals surface area contributed by atoms with E-state index in [0.29, 0.717) is 0 Å². The van der Waals surface area contributed by atoms with E-state index in [1.54, 1.807) is 0 Å². The number of hydrogen-bond acceptors (Lipinski definition) is 3. The SMILES string of the molecule is NCc1nc(C(F)F)cc(Cl)c1CC(=O)O. The van der Waals surface area contributed by atoms with E-state index in [9.17, 15) is 13.6 Å². The number of hydrogen-bond donors (Lipinski definition) is 2. The number of carboxylic acid groups (broad SMARTS) is 1. The Morgan fingerprint density at radius 3 is 2.69 bits per heavy atom. The molecule has 0 unspecified atom stereocenters. The largest absolute Gasteiger partial charge is 0.481 e. The molecule has 0 atom stereocenters. The Kier molecular flexibility index (Phi) is 4.14. The third kappa shape index (κ3) is 2.86. The van der Waals surface area contributed by atoms with Gasteiger partial charge in [-0.1, -0.05) is 11.6 Å². The van der Waals surface area contributed by atoms with Gasteiger partial charge in [0.25, 0.3) is 6.43 Å². The Hall–Kier alpha value is -1.27. The Morgan fingerprint density at radius 2 is 2.25 bits per heavy atom. The van der Waals surface area contributed by atoms with Crippen LogP contribution in [0.2, 0.25) is 5.02 Å². The highest BCUT2D eigenvalue weighted by molar-refractivity contribution is 6.31. The minimum absolute atomic E-state index is 0.0480.